The second-order valence-corrected chi connectivity index (χ2v) is 5.65. The van der Waals surface area contributed by atoms with Gasteiger partial charge in [-0.2, -0.15) is 0 Å². The van der Waals surface area contributed by atoms with Crippen LogP contribution in [-0.4, -0.2) is 20.8 Å². The molecule has 4 heteroatoms. The van der Waals surface area contributed by atoms with E-state index in [4.69, 9.17) is 21.1 Å². The highest BCUT2D eigenvalue weighted by Gasteiger charge is 2.27. The first-order valence-electron chi connectivity index (χ1n) is 7.06. The van der Waals surface area contributed by atoms with E-state index in [1.54, 1.807) is 14.2 Å². The van der Waals surface area contributed by atoms with Crippen LogP contribution in [-0.2, 0) is 6.42 Å². The van der Waals surface area contributed by atoms with Crippen LogP contribution in [0, 0.1) is 0 Å². The smallest absolute Gasteiger partial charge is 0.161 e. The second kappa shape index (κ2) is 5.96. The first-order chi connectivity index (χ1) is 10.2. The number of rotatable bonds is 3. The van der Waals surface area contributed by atoms with Crippen molar-refractivity contribution in [3.63, 3.8) is 0 Å². The highest BCUT2D eigenvalue weighted by atomic mass is 35.5. The van der Waals surface area contributed by atoms with Crippen LogP contribution in [0.1, 0.15) is 22.7 Å². The van der Waals surface area contributed by atoms with Crippen LogP contribution >= 0.6 is 11.6 Å². The van der Waals surface area contributed by atoms with Crippen molar-refractivity contribution in [3.8, 4) is 11.5 Å². The molecule has 3 nitrogen and oxygen atoms in total. The summed E-state index contributed by atoms with van der Waals surface area (Å²) in [6.07, 6.45) is 1.03. The molecule has 21 heavy (non-hydrogen) atoms. The molecule has 1 aliphatic heterocycles. The monoisotopic (exact) mass is 304 g/mol. The van der Waals surface area contributed by atoms with Gasteiger partial charge >= 0.3 is 0 Å². The molecule has 0 saturated carbocycles. The van der Waals surface area contributed by atoms with Crippen molar-refractivity contribution >= 4 is 11.6 Å². The molecule has 2 aromatic rings. The number of quaternary nitrogens is 1. The Balaban J connectivity index is 2.09. The number of fused-ring (bicyclic) bond motifs is 1. The average molecular weight is 305 g/mol. The Labute approximate surface area is 129 Å². The Morgan fingerprint density at radius 2 is 1.86 bits per heavy atom. The first kappa shape index (κ1) is 14.2. The molecule has 0 aliphatic carbocycles. The average Bonchev–Trinajstić information content (AvgIpc) is 2.52. The number of ether oxygens (including phenoxy) is 2. The van der Waals surface area contributed by atoms with E-state index in [-0.39, 0.29) is 6.04 Å². The molecule has 110 valence electrons. The molecular weight excluding hydrogens is 286 g/mol. The van der Waals surface area contributed by atoms with Crippen LogP contribution in [0.15, 0.2) is 36.4 Å². The van der Waals surface area contributed by atoms with Crippen LogP contribution in [0.2, 0.25) is 5.02 Å². The molecule has 3 rings (SSSR count). The summed E-state index contributed by atoms with van der Waals surface area (Å²) in [7, 11) is 3.35. The molecule has 0 radical (unpaired) electrons. The SMILES string of the molecule is COc1cc2c(cc1OC)[C@H](c1cccc(Cl)c1)[NH2+]CC2. The highest BCUT2D eigenvalue weighted by molar-refractivity contribution is 6.30. The van der Waals surface area contributed by atoms with Crippen molar-refractivity contribution < 1.29 is 14.8 Å². The van der Waals surface area contributed by atoms with Crippen molar-refractivity contribution in [2.75, 3.05) is 20.8 Å². The van der Waals surface area contributed by atoms with Crippen molar-refractivity contribution in [1.29, 1.82) is 0 Å². The molecule has 1 atom stereocenters. The summed E-state index contributed by atoms with van der Waals surface area (Å²) in [6.45, 7) is 1.06. The molecule has 0 fully saturated rings. The van der Waals surface area contributed by atoms with Crippen molar-refractivity contribution in [3.05, 3.63) is 58.1 Å². The van der Waals surface area contributed by atoms with Crippen LogP contribution in [0.5, 0.6) is 11.5 Å². The molecule has 0 spiro atoms. The molecule has 0 amide bonds. The Hall–Kier alpha value is -1.71. The second-order valence-electron chi connectivity index (χ2n) is 5.21. The fraction of sp³-hybridized carbons (Fsp3) is 0.294. The lowest BCUT2D eigenvalue weighted by molar-refractivity contribution is -0.690. The highest BCUT2D eigenvalue weighted by Crippen LogP contribution is 2.35. The minimum Gasteiger partial charge on any atom is -0.493 e. The standard InChI is InChI=1S/C17H18ClNO2/c1-20-15-9-11-6-7-19-17(14(11)10-16(15)21-2)12-4-3-5-13(18)8-12/h3-5,8-10,17,19H,6-7H2,1-2H3/p+1/t17-/m0/s1. The summed E-state index contributed by atoms with van der Waals surface area (Å²) in [4.78, 5) is 0. The van der Waals surface area contributed by atoms with Crippen molar-refractivity contribution in [1.82, 2.24) is 0 Å². The largest absolute Gasteiger partial charge is 0.493 e. The van der Waals surface area contributed by atoms with E-state index in [1.807, 2.05) is 18.2 Å². The van der Waals surface area contributed by atoms with Crippen LogP contribution < -0.4 is 14.8 Å². The lowest BCUT2D eigenvalue weighted by Gasteiger charge is -2.25. The van der Waals surface area contributed by atoms with Gasteiger partial charge in [-0.05, 0) is 29.8 Å². The minimum absolute atomic E-state index is 0.257. The Morgan fingerprint density at radius 3 is 2.57 bits per heavy atom. The van der Waals surface area contributed by atoms with Gasteiger partial charge in [0.05, 0.1) is 20.8 Å². The normalized spacial score (nSPS) is 17.2. The van der Waals surface area contributed by atoms with E-state index >= 15 is 0 Å². The van der Waals surface area contributed by atoms with E-state index in [9.17, 15) is 0 Å². The van der Waals surface area contributed by atoms with Gasteiger partial charge in [-0.15, -0.1) is 0 Å². The van der Waals surface area contributed by atoms with Gasteiger partial charge in [0.25, 0.3) is 0 Å². The van der Waals surface area contributed by atoms with Gasteiger partial charge in [0.15, 0.2) is 11.5 Å². The molecule has 0 aromatic heterocycles. The van der Waals surface area contributed by atoms with Crippen LogP contribution in [0.25, 0.3) is 0 Å². The van der Waals surface area contributed by atoms with E-state index in [0.29, 0.717) is 0 Å². The molecule has 2 aromatic carbocycles. The Bertz CT molecular complexity index is 657. The van der Waals surface area contributed by atoms with Gasteiger partial charge in [-0.3, -0.25) is 0 Å². The minimum atomic E-state index is 0.257. The van der Waals surface area contributed by atoms with E-state index in [0.717, 1.165) is 29.5 Å². The molecule has 1 aliphatic rings. The fourth-order valence-corrected chi connectivity index (χ4v) is 3.19. The number of hydrogen-bond donors (Lipinski definition) is 1. The van der Waals surface area contributed by atoms with E-state index in [1.165, 1.54) is 16.7 Å². The predicted molar refractivity (Wildman–Crippen MR) is 83.3 cm³/mol. The zero-order valence-corrected chi connectivity index (χ0v) is 13.0. The molecular formula is C17H19ClNO2+. The van der Waals surface area contributed by atoms with Gasteiger partial charge in [0.1, 0.15) is 6.04 Å². The van der Waals surface area contributed by atoms with Crippen LogP contribution in [0.3, 0.4) is 0 Å². The third-order valence-electron chi connectivity index (χ3n) is 4.00. The molecule has 0 bridgehead atoms. The number of nitrogens with two attached hydrogens (primary N) is 1. The number of benzene rings is 2. The number of methoxy groups -OCH3 is 2. The van der Waals surface area contributed by atoms with Crippen LogP contribution in [0.4, 0.5) is 0 Å². The summed E-state index contributed by atoms with van der Waals surface area (Å²) < 4.78 is 10.9. The molecule has 2 N–H and O–H groups in total. The number of halogens is 1. The Kier molecular flexibility index (Phi) is 4.04. The maximum Gasteiger partial charge on any atom is 0.161 e. The van der Waals surface area contributed by atoms with Gasteiger partial charge < -0.3 is 14.8 Å². The number of hydrogen-bond acceptors (Lipinski definition) is 2. The van der Waals surface area contributed by atoms with Gasteiger partial charge in [-0.25, -0.2) is 0 Å². The van der Waals surface area contributed by atoms with Gasteiger partial charge in [0.2, 0.25) is 0 Å². The molecule has 0 saturated heterocycles. The van der Waals surface area contributed by atoms with E-state index in [2.05, 4.69) is 23.5 Å². The summed E-state index contributed by atoms with van der Waals surface area (Å²) >= 11 is 6.14. The fourth-order valence-electron chi connectivity index (χ4n) is 2.99. The first-order valence-corrected chi connectivity index (χ1v) is 7.44. The summed E-state index contributed by atoms with van der Waals surface area (Å²) in [5, 5.41) is 3.12. The molecule has 0 unspecified atom stereocenters. The molecule has 1 heterocycles. The lowest BCUT2D eigenvalue weighted by Crippen LogP contribution is -2.87. The van der Waals surface area contributed by atoms with E-state index < -0.39 is 0 Å². The Morgan fingerprint density at radius 1 is 1.10 bits per heavy atom. The topological polar surface area (TPSA) is 35.1 Å². The quantitative estimate of drug-likeness (QED) is 0.946. The van der Waals surface area contributed by atoms with Gasteiger partial charge in [0, 0.05) is 22.6 Å². The van der Waals surface area contributed by atoms with Gasteiger partial charge in [-0.1, -0.05) is 23.7 Å². The summed E-state index contributed by atoms with van der Waals surface area (Å²) in [5.74, 6) is 1.57. The third kappa shape index (κ3) is 2.71. The zero-order chi connectivity index (χ0) is 14.8. The lowest BCUT2D eigenvalue weighted by atomic mass is 9.89. The third-order valence-corrected chi connectivity index (χ3v) is 4.24. The van der Waals surface area contributed by atoms with Crippen molar-refractivity contribution in [2.24, 2.45) is 0 Å². The summed E-state index contributed by atoms with van der Waals surface area (Å²) in [5.41, 5.74) is 3.82. The van der Waals surface area contributed by atoms with Crippen molar-refractivity contribution in [2.45, 2.75) is 12.5 Å². The zero-order valence-electron chi connectivity index (χ0n) is 12.2. The summed E-state index contributed by atoms with van der Waals surface area (Å²) in [6, 6.07) is 12.5. The maximum absolute atomic E-state index is 6.14. The predicted octanol–water partition coefficient (Wildman–Crippen LogP) is 2.57. The maximum atomic E-state index is 6.14.